The van der Waals surface area contributed by atoms with Crippen LogP contribution in [0.1, 0.15) is 59.3 Å². The van der Waals surface area contributed by atoms with Gasteiger partial charge in [-0.2, -0.15) is 0 Å². The molecule has 1 unspecified atom stereocenters. The second-order valence-electron chi connectivity index (χ2n) is 6.38. The average molecular weight is 253 g/mol. The summed E-state index contributed by atoms with van der Waals surface area (Å²) in [7, 11) is 0. The molecule has 4 nitrogen and oxygen atoms in total. The van der Waals surface area contributed by atoms with Gasteiger partial charge in [0.2, 0.25) is 5.91 Å². The predicted molar refractivity (Wildman–Crippen MR) is 68.2 cm³/mol. The van der Waals surface area contributed by atoms with Crippen LogP contribution in [0.5, 0.6) is 0 Å². The minimum Gasteiger partial charge on any atom is -0.479 e. The third kappa shape index (κ3) is 1.82. The fraction of sp³-hybridized carbons (Fsp3) is 0.857. The number of carbonyl (C=O) groups excluding carboxylic acids is 1. The monoisotopic (exact) mass is 253 g/mol. The highest BCUT2D eigenvalue weighted by Gasteiger charge is 2.60. The molecule has 2 saturated carbocycles. The first-order chi connectivity index (χ1) is 8.33. The van der Waals surface area contributed by atoms with E-state index in [0.29, 0.717) is 6.42 Å². The molecule has 1 N–H and O–H groups in total. The van der Waals surface area contributed by atoms with E-state index in [1.54, 1.807) is 4.90 Å². The Morgan fingerprint density at radius 1 is 1.17 bits per heavy atom. The number of hydrogen-bond donors (Lipinski definition) is 1. The van der Waals surface area contributed by atoms with E-state index in [2.05, 4.69) is 0 Å². The van der Waals surface area contributed by atoms with Crippen LogP contribution in [-0.4, -0.2) is 33.5 Å². The van der Waals surface area contributed by atoms with E-state index in [4.69, 9.17) is 0 Å². The van der Waals surface area contributed by atoms with Crippen molar-refractivity contribution in [2.24, 2.45) is 5.41 Å². The van der Waals surface area contributed by atoms with E-state index < -0.39 is 11.5 Å². The van der Waals surface area contributed by atoms with Crippen molar-refractivity contribution in [3.8, 4) is 0 Å². The Bertz CT molecular complexity index is 373. The van der Waals surface area contributed by atoms with Crippen LogP contribution in [-0.2, 0) is 9.59 Å². The maximum atomic E-state index is 12.0. The van der Waals surface area contributed by atoms with E-state index in [1.165, 1.54) is 6.92 Å². The molecule has 0 heterocycles. The summed E-state index contributed by atoms with van der Waals surface area (Å²) in [5.74, 6) is -0.913. The first kappa shape index (κ1) is 13.4. The Kier molecular flexibility index (Phi) is 3.16. The molecule has 0 aromatic carbocycles. The summed E-state index contributed by atoms with van der Waals surface area (Å²) >= 11 is 0. The molecular weight excluding hydrogens is 230 g/mol. The summed E-state index contributed by atoms with van der Waals surface area (Å²) in [6.07, 6.45) is 5.31. The van der Waals surface area contributed by atoms with E-state index in [9.17, 15) is 14.7 Å². The molecule has 0 saturated heterocycles. The third-order valence-corrected chi connectivity index (χ3v) is 4.73. The minimum absolute atomic E-state index is 0.0881. The fourth-order valence-corrected chi connectivity index (χ4v) is 3.61. The zero-order chi connectivity index (χ0) is 13.6. The van der Waals surface area contributed by atoms with Crippen LogP contribution in [0.15, 0.2) is 0 Å². The van der Waals surface area contributed by atoms with Gasteiger partial charge in [-0.05, 0) is 31.1 Å². The Balaban J connectivity index is 2.47. The molecule has 4 heteroatoms. The minimum atomic E-state index is -1.00. The molecule has 0 aromatic heterocycles. The van der Waals surface area contributed by atoms with E-state index in [-0.39, 0.29) is 17.4 Å². The maximum Gasteiger partial charge on any atom is 0.330 e. The van der Waals surface area contributed by atoms with Gasteiger partial charge in [0.05, 0.1) is 0 Å². The topological polar surface area (TPSA) is 57.6 Å². The maximum absolute atomic E-state index is 12.0. The molecule has 1 amide bonds. The lowest BCUT2D eigenvalue weighted by Gasteiger charge is -2.53. The SMILES string of the molecule is CC(=O)N(C1CC1)C1(C(=O)O)CCCCC1(C)C. The molecule has 1 atom stereocenters. The Hall–Kier alpha value is -1.06. The lowest BCUT2D eigenvalue weighted by molar-refractivity contribution is -0.174. The quantitative estimate of drug-likeness (QED) is 0.840. The lowest BCUT2D eigenvalue weighted by atomic mass is 9.62. The van der Waals surface area contributed by atoms with Crippen LogP contribution in [0.2, 0.25) is 0 Å². The summed E-state index contributed by atoms with van der Waals surface area (Å²) in [6.45, 7) is 5.50. The van der Waals surface area contributed by atoms with Crippen molar-refractivity contribution < 1.29 is 14.7 Å². The van der Waals surface area contributed by atoms with Crippen molar-refractivity contribution in [1.29, 1.82) is 0 Å². The molecule has 18 heavy (non-hydrogen) atoms. The zero-order valence-electron chi connectivity index (χ0n) is 11.5. The highest BCUT2D eigenvalue weighted by atomic mass is 16.4. The van der Waals surface area contributed by atoms with Crippen molar-refractivity contribution in [2.75, 3.05) is 0 Å². The molecule has 2 aliphatic carbocycles. The van der Waals surface area contributed by atoms with Crippen LogP contribution in [0.4, 0.5) is 0 Å². The molecule has 0 bridgehead atoms. The zero-order valence-corrected chi connectivity index (χ0v) is 11.5. The number of hydrogen-bond acceptors (Lipinski definition) is 2. The number of carboxylic acid groups (broad SMARTS) is 1. The van der Waals surface area contributed by atoms with Gasteiger partial charge in [0, 0.05) is 13.0 Å². The predicted octanol–water partition coefficient (Wildman–Crippen LogP) is 2.42. The van der Waals surface area contributed by atoms with Crippen LogP contribution in [0.3, 0.4) is 0 Å². The van der Waals surface area contributed by atoms with Crippen molar-refractivity contribution in [3.63, 3.8) is 0 Å². The Morgan fingerprint density at radius 2 is 1.72 bits per heavy atom. The molecule has 2 fully saturated rings. The van der Waals surface area contributed by atoms with E-state index >= 15 is 0 Å². The van der Waals surface area contributed by atoms with Crippen LogP contribution >= 0.6 is 0 Å². The summed E-state index contributed by atoms with van der Waals surface area (Å²) in [6, 6.07) is 0.149. The molecule has 0 aromatic rings. The highest BCUT2D eigenvalue weighted by molar-refractivity contribution is 5.87. The molecule has 0 aliphatic heterocycles. The summed E-state index contributed by atoms with van der Waals surface area (Å²) < 4.78 is 0. The standard InChI is InChI=1S/C14H23NO3/c1-10(16)15(11-6-7-11)14(12(17)18)9-5-4-8-13(14,2)3/h11H,4-9H2,1-3H3,(H,17,18). The molecule has 2 aliphatic rings. The smallest absolute Gasteiger partial charge is 0.330 e. The molecule has 0 radical (unpaired) electrons. The first-order valence-corrected chi connectivity index (χ1v) is 6.86. The van der Waals surface area contributed by atoms with Gasteiger partial charge in [-0.3, -0.25) is 4.79 Å². The third-order valence-electron chi connectivity index (χ3n) is 4.73. The summed E-state index contributed by atoms with van der Waals surface area (Å²) in [4.78, 5) is 25.6. The van der Waals surface area contributed by atoms with Gasteiger partial charge in [0.1, 0.15) is 5.54 Å². The normalized spacial score (nSPS) is 30.8. The number of aliphatic carboxylic acids is 1. The van der Waals surface area contributed by atoms with Gasteiger partial charge in [-0.1, -0.05) is 26.7 Å². The average Bonchev–Trinajstić information content (AvgIpc) is 3.04. The molecular formula is C14H23NO3. The van der Waals surface area contributed by atoms with Gasteiger partial charge < -0.3 is 10.0 Å². The first-order valence-electron chi connectivity index (χ1n) is 6.86. The molecule has 0 spiro atoms. The fourth-order valence-electron chi connectivity index (χ4n) is 3.61. The van der Waals surface area contributed by atoms with Crippen LogP contribution in [0, 0.1) is 5.41 Å². The van der Waals surface area contributed by atoms with Crippen molar-refractivity contribution >= 4 is 11.9 Å². The Labute approximate surface area is 108 Å². The molecule has 2 rings (SSSR count). The van der Waals surface area contributed by atoms with Gasteiger partial charge in [0.15, 0.2) is 0 Å². The molecule has 102 valence electrons. The van der Waals surface area contributed by atoms with Crippen LogP contribution < -0.4 is 0 Å². The largest absolute Gasteiger partial charge is 0.479 e. The highest BCUT2D eigenvalue weighted by Crippen LogP contribution is 2.51. The number of carbonyl (C=O) groups is 2. The van der Waals surface area contributed by atoms with Crippen molar-refractivity contribution in [2.45, 2.75) is 70.9 Å². The van der Waals surface area contributed by atoms with Crippen molar-refractivity contribution in [3.05, 3.63) is 0 Å². The second-order valence-corrected chi connectivity index (χ2v) is 6.38. The summed E-state index contributed by atoms with van der Waals surface area (Å²) in [5, 5.41) is 9.83. The number of rotatable bonds is 3. The van der Waals surface area contributed by atoms with E-state index in [1.807, 2.05) is 13.8 Å². The van der Waals surface area contributed by atoms with Gasteiger partial charge in [0.25, 0.3) is 0 Å². The van der Waals surface area contributed by atoms with E-state index in [0.717, 1.165) is 32.1 Å². The van der Waals surface area contributed by atoms with Crippen LogP contribution in [0.25, 0.3) is 0 Å². The van der Waals surface area contributed by atoms with Gasteiger partial charge in [-0.15, -0.1) is 0 Å². The van der Waals surface area contributed by atoms with Gasteiger partial charge >= 0.3 is 5.97 Å². The summed E-state index contributed by atoms with van der Waals surface area (Å²) in [5.41, 5.74) is -1.36. The second kappa shape index (κ2) is 4.25. The number of nitrogens with zero attached hydrogens (tertiary/aromatic N) is 1. The number of carboxylic acids is 1. The van der Waals surface area contributed by atoms with Gasteiger partial charge in [-0.25, -0.2) is 4.79 Å². The number of amides is 1. The lowest BCUT2D eigenvalue weighted by Crippen LogP contribution is -2.66. The van der Waals surface area contributed by atoms with Crippen molar-refractivity contribution in [1.82, 2.24) is 4.90 Å². The Morgan fingerprint density at radius 3 is 2.11 bits per heavy atom.